The number of carbonyl (C=O) groups is 4. The summed E-state index contributed by atoms with van der Waals surface area (Å²) in [7, 11) is 0. The second-order valence-electron chi connectivity index (χ2n) is 9.84. The van der Waals surface area contributed by atoms with Gasteiger partial charge < -0.3 is 0 Å². The average Bonchev–Trinajstić information content (AvgIpc) is 2.88. The number of fused-ring (bicyclic) bond motifs is 6. The summed E-state index contributed by atoms with van der Waals surface area (Å²) in [4.78, 5) is 54.3. The number of ketones is 4. The van der Waals surface area contributed by atoms with Gasteiger partial charge in [-0.15, -0.1) is 0 Å². The third kappa shape index (κ3) is 2.54. The van der Waals surface area contributed by atoms with Crippen LogP contribution >= 0.6 is 0 Å². The van der Waals surface area contributed by atoms with Crippen molar-refractivity contribution in [3.63, 3.8) is 0 Å². The molecular formula is C30H20O4. The van der Waals surface area contributed by atoms with Gasteiger partial charge in [-0.3, -0.25) is 19.2 Å². The van der Waals surface area contributed by atoms with Crippen LogP contribution in [0.25, 0.3) is 21.5 Å². The number of hydrogen-bond acceptors (Lipinski definition) is 4. The van der Waals surface area contributed by atoms with Crippen LogP contribution in [0.3, 0.4) is 0 Å². The van der Waals surface area contributed by atoms with Crippen LogP contribution in [0, 0.1) is 23.7 Å². The van der Waals surface area contributed by atoms with Crippen molar-refractivity contribution in [2.24, 2.45) is 23.7 Å². The Morgan fingerprint density at radius 2 is 0.647 bits per heavy atom. The molecule has 0 aromatic heterocycles. The van der Waals surface area contributed by atoms with Crippen molar-refractivity contribution in [1.29, 1.82) is 0 Å². The lowest BCUT2D eigenvalue weighted by Crippen LogP contribution is -2.49. The highest BCUT2D eigenvalue weighted by Crippen LogP contribution is 2.49. The van der Waals surface area contributed by atoms with Gasteiger partial charge in [0.15, 0.2) is 23.1 Å². The molecule has 34 heavy (non-hydrogen) atoms. The molecule has 0 radical (unpaired) electrons. The van der Waals surface area contributed by atoms with Gasteiger partial charge in [0.2, 0.25) is 0 Å². The Balaban J connectivity index is 1.33. The molecule has 4 aromatic rings. The topological polar surface area (TPSA) is 68.3 Å². The van der Waals surface area contributed by atoms with Gasteiger partial charge in [-0.1, -0.05) is 48.5 Å². The first-order chi connectivity index (χ1) is 16.5. The fourth-order valence-corrected chi connectivity index (χ4v) is 6.46. The third-order valence-electron chi connectivity index (χ3n) is 8.17. The smallest absolute Gasteiger partial charge is 0.167 e. The molecule has 0 spiro atoms. The van der Waals surface area contributed by atoms with E-state index >= 15 is 0 Å². The molecule has 4 atom stereocenters. The lowest BCUT2D eigenvalue weighted by atomic mass is 9.57. The van der Waals surface area contributed by atoms with Crippen molar-refractivity contribution in [2.75, 3.05) is 0 Å². The minimum atomic E-state index is -0.554. The number of carbonyl (C=O) groups excluding carboxylic acids is 4. The summed E-state index contributed by atoms with van der Waals surface area (Å²) in [5.41, 5.74) is 1.79. The van der Waals surface area contributed by atoms with Gasteiger partial charge in [-0.2, -0.15) is 0 Å². The van der Waals surface area contributed by atoms with Gasteiger partial charge >= 0.3 is 0 Å². The minimum absolute atomic E-state index is 0.0756. The van der Waals surface area contributed by atoms with Crippen LogP contribution in [0.1, 0.15) is 54.3 Å². The van der Waals surface area contributed by atoms with E-state index in [4.69, 9.17) is 0 Å². The first-order valence-electron chi connectivity index (χ1n) is 11.7. The van der Waals surface area contributed by atoms with E-state index in [1.807, 2.05) is 72.8 Å². The number of rotatable bonds is 0. The molecule has 0 heterocycles. The molecule has 0 amide bonds. The average molecular weight is 444 g/mol. The molecule has 164 valence electrons. The molecule has 0 unspecified atom stereocenters. The molecule has 7 rings (SSSR count). The monoisotopic (exact) mass is 444 g/mol. The third-order valence-corrected chi connectivity index (χ3v) is 8.17. The maximum absolute atomic E-state index is 13.6. The van der Waals surface area contributed by atoms with Crippen LogP contribution in [-0.2, 0) is 0 Å². The molecule has 4 nitrogen and oxygen atoms in total. The molecule has 4 heteroatoms. The summed E-state index contributed by atoms with van der Waals surface area (Å²) in [6.07, 6.45) is 0.506. The zero-order valence-electron chi connectivity index (χ0n) is 18.3. The molecule has 0 saturated heterocycles. The summed E-state index contributed by atoms with van der Waals surface area (Å²) >= 11 is 0. The molecule has 0 N–H and O–H groups in total. The number of hydrogen-bond donors (Lipinski definition) is 0. The molecule has 0 bridgehead atoms. The van der Waals surface area contributed by atoms with Crippen LogP contribution < -0.4 is 0 Å². The molecule has 1 saturated carbocycles. The zero-order valence-corrected chi connectivity index (χ0v) is 18.3. The van der Waals surface area contributed by atoms with Crippen LogP contribution in [-0.4, -0.2) is 23.1 Å². The van der Waals surface area contributed by atoms with E-state index in [-0.39, 0.29) is 36.0 Å². The van der Waals surface area contributed by atoms with Gasteiger partial charge in [0, 0.05) is 45.9 Å². The fourth-order valence-electron chi connectivity index (χ4n) is 6.46. The normalized spacial score (nSPS) is 25.6. The van der Waals surface area contributed by atoms with Crippen molar-refractivity contribution in [2.45, 2.75) is 12.8 Å². The molecule has 4 aromatic carbocycles. The van der Waals surface area contributed by atoms with E-state index in [9.17, 15) is 19.2 Å². The van der Waals surface area contributed by atoms with Gasteiger partial charge in [-0.25, -0.2) is 0 Å². The quantitative estimate of drug-likeness (QED) is 0.348. The predicted octanol–water partition coefficient (Wildman–Crippen LogP) is 5.71. The van der Waals surface area contributed by atoms with Gasteiger partial charge in [0.05, 0.1) is 0 Å². The van der Waals surface area contributed by atoms with Crippen molar-refractivity contribution in [3.8, 4) is 0 Å². The van der Waals surface area contributed by atoms with E-state index < -0.39 is 23.7 Å². The van der Waals surface area contributed by atoms with Crippen LogP contribution in [0.4, 0.5) is 0 Å². The van der Waals surface area contributed by atoms with Crippen LogP contribution in [0.2, 0.25) is 0 Å². The van der Waals surface area contributed by atoms with Gasteiger partial charge in [0.25, 0.3) is 0 Å². The lowest BCUT2D eigenvalue weighted by molar-refractivity contribution is 0.0439. The van der Waals surface area contributed by atoms with Gasteiger partial charge in [-0.05, 0) is 58.7 Å². The first-order valence-corrected chi connectivity index (χ1v) is 11.7. The molecule has 3 aliphatic rings. The standard InChI is InChI=1S/C30H20O4/c31-27-19-9-15-5-1-2-6-16(15)10-20(19)28(32)24-14-26-25(13-23(24)27)29(33)21-11-17-7-3-4-8-18(17)12-22(21)30(26)34/h1-12,23-26H,13-14H2/t23-,24-,25-,26+/m0/s1. The Bertz CT molecular complexity index is 1370. The van der Waals surface area contributed by atoms with E-state index in [0.29, 0.717) is 22.3 Å². The zero-order chi connectivity index (χ0) is 23.1. The van der Waals surface area contributed by atoms with E-state index in [2.05, 4.69) is 0 Å². The highest BCUT2D eigenvalue weighted by molar-refractivity contribution is 6.21. The summed E-state index contributed by atoms with van der Waals surface area (Å²) in [6.45, 7) is 0. The Hall–Kier alpha value is -3.92. The summed E-state index contributed by atoms with van der Waals surface area (Å²) in [5, 5.41) is 3.66. The summed E-state index contributed by atoms with van der Waals surface area (Å²) in [6, 6.07) is 22.6. The second-order valence-corrected chi connectivity index (χ2v) is 9.84. The number of Topliss-reactive ketones (excluding diaryl/α,β-unsaturated/α-hetero) is 4. The van der Waals surface area contributed by atoms with Crippen LogP contribution in [0.5, 0.6) is 0 Å². The summed E-state index contributed by atoms with van der Waals surface area (Å²) in [5.74, 6) is -2.52. The lowest BCUT2D eigenvalue weighted by Gasteiger charge is -2.43. The molecule has 0 aliphatic heterocycles. The first kappa shape index (κ1) is 19.5. The number of benzene rings is 4. The maximum atomic E-state index is 13.6. The highest BCUT2D eigenvalue weighted by Gasteiger charge is 2.53. The minimum Gasteiger partial charge on any atom is -0.294 e. The van der Waals surface area contributed by atoms with Crippen molar-refractivity contribution >= 4 is 44.7 Å². The Morgan fingerprint density at radius 1 is 0.412 bits per heavy atom. The second kappa shape index (κ2) is 6.80. The van der Waals surface area contributed by atoms with Crippen LogP contribution in [0.15, 0.2) is 72.8 Å². The van der Waals surface area contributed by atoms with Crippen molar-refractivity contribution in [1.82, 2.24) is 0 Å². The predicted molar refractivity (Wildman–Crippen MR) is 128 cm³/mol. The highest BCUT2D eigenvalue weighted by atomic mass is 16.2. The Morgan fingerprint density at radius 3 is 0.882 bits per heavy atom. The van der Waals surface area contributed by atoms with E-state index in [1.54, 1.807) is 0 Å². The van der Waals surface area contributed by atoms with E-state index in [1.165, 1.54) is 0 Å². The van der Waals surface area contributed by atoms with Crippen molar-refractivity contribution in [3.05, 3.63) is 95.1 Å². The molecule has 3 aliphatic carbocycles. The SMILES string of the molecule is O=C1c2cc3ccccc3cc2C(=O)[C@H]2C[C@H]3C(=O)c4cc5ccccc5cc4C(=O)[C@H]3C[C@H]12. The largest absolute Gasteiger partial charge is 0.294 e. The van der Waals surface area contributed by atoms with Crippen molar-refractivity contribution < 1.29 is 19.2 Å². The maximum Gasteiger partial charge on any atom is 0.167 e. The molecular weight excluding hydrogens is 424 g/mol. The Kier molecular flexibility index (Phi) is 3.91. The van der Waals surface area contributed by atoms with E-state index in [0.717, 1.165) is 21.5 Å². The fraction of sp³-hybridized carbons (Fsp3) is 0.200. The summed E-state index contributed by atoms with van der Waals surface area (Å²) < 4.78 is 0. The van der Waals surface area contributed by atoms with Gasteiger partial charge in [0.1, 0.15) is 0 Å². The molecule has 1 fully saturated rings. The Labute approximate surface area is 195 Å².